The third-order valence-electron chi connectivity index (χ3n) is 4.46. The molecule has 0 atom stereocenters. The summed E-state index contributed by atoms with van der Waals surface area (Å²) in [6.45, 7) is 4.87. The quantitative estimate of drug-likeness (QED) is 0.876. The van der Waals surface area contributed by atoms with E-state index in [9.17, 15) is 4.79 Å². The summed E-state index contributed by atoms with van der Waals surface area (Å²) in [5, 5.41) is 6.42. The first-order valence-electron chi connectivity index (χ1n) is 7.33. The van der Waals surface area contributed by atoms with Gasteiger partial charge in [0.15, 0.2) is 0 Å². The van der Waals surface area contributed by atoms with Gasteiger partial charge in [0.1, 0.15) is 0 Å². The number of fused-ring (bicyclic) bond motifs is 1. The molecule has 110 valence electrons. The van der Waals surface area contributed by atoms with Gasteiger partial charge in [0.05, 0.1) is 0 Å². The second-order valence-corrected chi connectivity index (χ2v) is 6.02. The summed E-state index contributed by atoms with van der Waals surface area (Å²) in [6.07, 6.45) is 4.99. The van der Waals surface area contributed by atoms with E-state index in [1.807, 2.05) is 12.1 Å². The molecule has 1 amide bonds. The van der Waals surface area contributed by atoms with Gasteiger partial charge in [0, 0.05) is 25.2 Å². The van der Waals surface area contributed by atoms with E-state index < -0.39 is 0 Å². The molecule has 1 aliphatic heterocycles. The third kappa shape index (κ3) is 3.15. The van der Waals surface area contributed by atoms with Gasteiger partial charge in [-0.15, -0.1) is 12.4 Å². The highest BCUT2D eigenvalue weighted by Gasteiger charge is 2.41. The molecule has 0 radical (unpaired) electrons. The highest BCUT2D eigenvalue weighted by molar-refractivity contribution is 5.94. The lowest BCUT2D eigenvalue weighted by Crippen LogP contribution is -2.30. The number of rotatable bonds is 5. The molecule has 3 rings (SSSR count). The SMILES string of the molecule is CCCC1(CNC(=O)c2ccc3c(c2)CNC3)CC1.Cl. The van der Waals surface area contributed by atoms with Crippen LogP contribution < -0.4 is 10.6 Å². The first-order chi connectivity index (χ1) is 9.22. The number of hydrogen-bond acceptors (Lipinski definition) is 2. The van der Waals surface area contributed by atoms with Gasteiger partial charge in [-0.1, -0.05) is 19.4 Å². The zero-order valence-electron chi connectivity index (χ0n) is 12.0. The maximum absolute atomic E-state index is 12.2. The smallest absolute Gasteiger partial charge is 0.251 e. The Bertz CT molecular complexity index is 497. The second-order valence-electron chi connectivity index (χ2n) is 6.02. The predicted octanol–water partition coefficient (Wildman–Crippen LogP) is 3.02. The van der Waals surface area contributed by atoms with E-state index in [0.29, 0.717) is 5.41 Å². The van der Waals surface area contributed by atoms with Crippen LogP contribution in [0.4, 0.5) is 0 Å². The maximum Gasteiger partial charge on any atom is 0.251 e. The Hall–Kier alpha value is -1.06. The van der Waals surface area contributed by atoms with Crippen LogP contribution in [0.25, 0.3) is 0 Å². The Morgan fingerprint density at radius 1 is 1.30 bits per heavy atom. The molecule has 1 heterocycles. The van der Waals surface area contributed by atoms with Crippen molar-refractivity contribution >= 4 is 18.3 Å². The van der Waals surface area contributed by atoms with Crippen molar-refractivity contribution < 1.29 is 4.79 Å². The van der Waals surface area contributed by atoms with Crippen molar-refractivity contribution in [2.75, 3.05) is 6.54 Å². The van der Waals surface area contributed by atoms with Gasteiger partial charge in [-0.05, 0) is 47.9 Å². The number of carbonyl (C=O) groups excluding carboxylic acids is 1. The van der Waals surface area contributed by atoms with Crippen LogP contribution >= 0.6 is 12.4 Å². The lowest BCUT2D eigenvalue weighted by atomic mass is 10.0. The number of hydrogen-bond donors (Lipinski definition) is 2. The van der Waals surface area contributed by atoms with E-state index in [-0.39, 0.29) is 18.3 Å². The molecular formula is C16H23ClN2O. The van der Waals surface area contributed by atoms with E-state index in [0.717, 1.165) is 25.2 Å². The summed E-state index contributed by atoms with van der Waals surface area (Å²) < 4.78 is 0. The largest absolute Gasteiger partial charge is 0.351 e. The molecule has 1 saturated carbocycles. The minimum absolute atomic E-state index is 0. The topological polar surface area (TPSA) is 41.1 Å². The average molecular weight is 295 g/mol. The van der Waals surface area contributed by atoms with Gasteiger partial charge in [-0.3, -0.25) is 4.79 Å². The number of benzene rings is 1. The first-order valence-corrected chi connectivity index (χ1v) is 7.33. The maximum atomic E-state index is 12.2. The average Bonchev–Trinajstić information content (AvgIpc) is 3.02. The van der Waals surface area contributed by atoms with Gasteiger partial charge in [-0.25, -0.2) is 0 Å². The first kappa shape index (κ1) is 15.3. The Morgan fingerprint density at radius 2 is 2.05 bits per heavy atom. The van der Waals surface area contributed by atoms with E-state index >= 15 is 0 Å². The summed E-state index contributed by atoms with van der Waals surface area (Å²) in [7, 11) is 0. The number of carbonyl (C=O) groups is 1. The molecule has 1 aromatic carbocycles. The molecular weight excluding hydrogens is 272 g/mol. The second kappa shape index (κ2) is 6.15. The van der Waals surface area contributed by atoms with E-state index in [1.165, 1.54) is 36.8 Å². The van der Waals surface area contributed by atoms with Crippen molar-refractivity contribution in [1.82, 2.24) is 10.6 Å². The Balaban J connectivity index is 0.00000147. The minimum Gasteiger partial charge on any atom is -0.351 e. The van der Waals surface area contributed by atoms with Crippen LogP contribution in [0.2, 0.25) is 0 Å². The molecule has 0 aromatic heterocycles. The highest BCUT2D eigenvalue weighted by Crippen LogP contribution is 2.48. The summed E-state index contributed by atoms with van der Waals surface area (Å²) >= 11 is 0. The van der Waals surface area contributed by atoms with Crippen LogP contribution in [0.3, 0.4) is 0 Å². The van der Waals surface area contributed by atoms with Crippen LogP contribution in [0.1, 0.15) is 54.1 Å². The van der Waals surface area contributed by atoms with Crippen LogP contribution in [0.5, 0.6) is 0 Å². The molecule has 1 aromatic rings. The van der Waals surface area contributed by atoms with Gasteiger partial charge >= 0.3 is 0 Å². The zero-order chi connectivity index (χ0) is 13.3. The predicted molar refractivity (Wildman–Crippen MR) is 83.1 cm³/mol. The van der Waals surface area contributed by atoms with Crippen molar-refractivity contribution in [3.63, 3.8) is 0 Å². The van der Waals surface area contributed by atoms with Crippen molar-refractivity contribution in [2.45, 2.75) is 45.7 Å². The van der Waals surface area contributed by atoms with Crippen LogP contribution in [0.15, 0.2) is 18.2 Å². The number of halogens is 1. The zero-order valence-corrected chi connectivity index (χ0v) is 12.8. The summed E-state index contributed by atoms with van der Waals surface area (Å²) in [4.78, 5) is 12.2. The van der Waals surface area contributed by atoms with E-state index in [4.69, 9.17) is 0 Å². The van der Waals surface area contributed by atoms with E-state index in [2.05, 4.69) is 23.6 Å². The van der Waals surface area contributed by atoms with Crippen molar-refractivity contribution in [3.05, 3.63) is 34.9 Å². The number of nitrogens with one attached hydrogen (secondary N) is 2. The minimum atomic E-state index is 0. The molecule has 0 spiro atoms. The molecule has 3 nitrogen and oxygen atoms in total. The lowest BCUT2D eigenvalue weighted by molar-refractivity contribution is 0.0943. The van der Waals surface area contributed by atoms with Crippen molar-refractivity contribution in [1.29, 1.82) is 0 Å². The fourth-order valence-corrected chi connectivity index (χ4v) is 3.03. The van der Waals surface area contributed by atoms with Crippen molar-refractivity contribution in [3.8, 4) is 0 Å². The van der Waals surface area contributed by atoms with Crippen LogP contribution in [-0.4, -0.2) is 12.5 Å². The van der Waals surface area contributed by atoms with Crippen molar-refractivity contribution in [2.24, 2.45) is 5.41 Å². The molecule has 2 aliphatic rings. The Labute approximate surface area is 126 Å². The van der Waals surface area contributed by atoms with Gasteiger partial charge < -0.3 is 10.6 Å². The summed E-state index contributed by atoms with van der Waals surface area (Å²) in [5.74, 6) is 0.0806. The summed E-state index contributed by atoms with van der Waals surface area (Å²) in [6, 6.07) is 6.05. The Kier molecular flexibility index (Phi) is 4.71. The van der Waals surface area contributed by atoms with Crippen LogP contribution in [-0.2, 0) is 13.1 Å². The molecule has 20 heavy (non-hydrogen) atoms. The number of amides is 1. The molecule has 4 heteroatoms. The van der Waals surface area contributed by atoms with Crippen LogP contribution in [0, 0.1) is 5.41 Å². The summed E-state index contributed by atoms with van der Waals surface area (Å²) in [5.41, 5.74) is 3.81. The fourth-order valence-electron chi connectivity index (χ4n) is 3.03. The van der Waals surface area contributed by atoms with E-state index in [1.54, 1.807) is 0 Å². The fraction of sp³-hybridized carbons (Fsp3) is 0.562. The molecule has 2 N–H and O–H groups in total. The molecule has 0 unspecified atom stereocenters. The molecule has 0 saturated heterocycles. The third-order valence-corrected chi connectivity index (χ3v) is 4.46. The molecule has 1 fully saturated rings. The standard InChI is InChI=1S/C16H22N2O.ClH/c1-2-5-16(6-7-16)11-18-15(19)12-3-4-13-9-17-10-14(13)8-12;/h3-4,8,17H,2,5-7,9-11H2,1H3,(H,18,19);1H. The monoisotopic (exact) mass is 294 g/mol. The van der Waals surface area contributed by atoms with Gasteiger partial charge in [-0.2, -0.15) is 0 Å². The lowest BCUT2D eigenvalue weighted by Gasteiger charge is -2.15. The highest BCUT2D eigenvalue weighted by atomic mass is 35.5. The van der Waals surface area contributed by atoms with Gasteiger partial charge in [0.2, 0.25) is 0 Å². The molecule has 0 bridgehead atoms. The molecule has 1 aliphatic carbocycles. The normalized spacial score (nSPS) is 18.1. The Morgan fingerprint density at radius 3 is 2.75 bits per heavy atom. The van der Waals surface area contributed by atoms with Gasteiger partial charge in [0.25, 0.3) is 5.91 Å².